The van der Waals surface area contributed by atoms with E-state index >= 15 is 0 Å². The third kappa shape index (κ3) is 45.5. The van der Waals surface area contributed by atoms with Crippen LogP contribution in [0.2, 0.25) is 0 Å². The Labute approximate surface area is 374 Å². The van der Waals surface area contributed by atoms with Crippen LogP contribution in [0.25, 0.3) is 0 Å². The van der Waals surface area contributed by atoms with Crippen LogP contribution in [0.4, 0.5) is 0 Å². The van der Waals surface area contributed by atoms with E-state index < -0.39 is 20.0 Å². The summed E-state index contributed by atoms with van der Waals surface area (Å²) >= 11 is 0. The van der Waals surface area contributed by atoms with Gasteiger partial charge in [0.25, 0.3) is 7.82 Å². The van der Waals surface area contributed by atoms with Gasteiger partial charge in [-0.15, -0.1) is 0 Å². The first-order chi connectivity index (χ1) is 29.0. The maximum absolute atomic E-state index is 12.9. The van der Waals surface area contributed by atoms with Crippen molar-refractivity contribution in [3.05, 3.63) is 0 Å². The number of quaternary nitrogens is 1. The first-order valence-corrected chi connectivity index (χ1v) is 27.8. The lowest BCUT2D eigenvalue weighted by molar-refractivity contribution is -0.870. The first-order valence-electron chi connectivity index (χ1n) is 26.4. The normalized spacial score (nSPS) is 14.1. The van der Waals surface area contributed by atoms with E-state index in [2.05, 4.69) is 19.2 Å². The van der Waals surface area contributed by atoms with E-state index in [-0.39, 0.29) is 19.1 Å². The summed E-state index contributed by atoms with van der Waals surface area (Å²) in [6.07, 6.45) is 49.8. The average molecular weight is 873 g/mol. The summed E-state index contributed by atoms with van der Waals surface area (Å²) in [4.78, 5) is 25.4. The third-order valence-corrected chi connectivity index (χ3v) is 13.3. The molecule has 0 fully saturated rings. The lowest BCUT2D eigenvalue weighted by Gasteiger charge is -2.30. The molecule has 60 heavy (non-hydrogen) atoms. The van der Waals surface area contributed by atoms with Crippen LogP contribution in [-0.4, -0.2) is 68.5 Å². The second-order valence-corrected chi connectivity index (χ2v) is 21.0. The Hall–Kier alpha value is -0.500. The molecule has 2 N–H and O–H groups in total. The van der Waals surface area contributed by atoms with Crippen LogP contribution in [0.1, 0.15) is 271 Å². The number of unbranched alkanes of at least 4 members (excludes halogenated alkanes) is 36. The summed E-state index contributed by atoms with van der Waals surface area (Å²) in [7, 11) is 1.32. The van der Waals surface area contributed by atoms with Crippen molar-refractivity contribution in [2.24, 2.45) is 0 Å². The highest BCUT2D eigenvalue weighted by atomic mass is 31.2. The lowest BCUT2D eigenvalue weighted by atomic mass is 10.0. The number of nitrogens with one attached hydrogen (secondary N) is 1. The number of hydrogen-bond donors (Lipinski definition) is 2. The SMILES string of the molecule is CCCCCCCCCCCCCCCCCCCCCCCCCCCCC(O)C(COP(=O)([O-])OCC[N+](C)(C)C)NC(=O)CCCCCCCCCCCCCC. The Morgan fingerprint density at radius 2 is 0.817 bits per heavy atom. The van der Waals surface area contributed by atoms with E-state index in [1.807, 2.05) is 21.1 Å². The smallest absolute Gasteiger partial charge is 0.268 e. The zero-order valence-corrected chi connectivity index (χ0v) is 41.8. The van der Waals surface area contributed by atoms with Crippen LogP contribution in [-0.2, 0) is 18.4 Å². The van der Waals surface area contributed by atoms with Crippen molar-refractivity contribution in [2.45, 2.75) is 283 Å². The molecule has 9 heteroatoms. The number of hydrogen-bond acceptors (Lipinski definition) is 6. The van der Waals surface area contributed by atoms with E-state index in [4.69, 9.17) is 9.05 Å². The Bertz CT molecular complexity index is 947. The number of aliphatic hydroxyl groups excluding tert-OH is 1. The Morgan fingerprint density at radius 1 is 0.517 bits per heavy atom. The largest absolute Gasteiger partial charge is 0.756 e. The number of carbonyl (C=O) groups is 1. The van der Waals surface area contributed by atoms with Gasteiger partial charge in [0.05, 0.1) is 39.9 Å². The summed E-state index contributed by atoms with van der Waals surface area (Å²) in [6, 6.07) is -0.793. The molecular formula is C51H105N2O6P. The van der Waals surface area contributed by atoms with Gasteiger partial charge in [-0.3, -0.25) is 9.36 Å². The summed E-state index contributed by atoms with van der Waals surface area (Å²) in [5, 5.41) is 14.0. The number of phosphoric ester groups is 1. The molecule has 0 spiro atoms. The molecule has 0 rings (SSSR count). The molecule has 0 radical (unpaired) electrons. The van der Waals surface area contributed by atoms with Gasteiger partial charge >= 0.3 is 0 Å². The predicted octanol–water partition coefficient (Wildman–Crippen LogP) is 14.7. The van der Waals surface area contributed by atoms with Crippen molar-refractivity contribution in [3.8, 4) is 0 Å². The van der Waals surface area contributed by atoms with Gasteiger partial charge in [0.15, 0.2) is 0 Å². The van der Waals surface area contributed by atoms with Crippen LogP contribution >= 0.6 is 7.82 Å². The fourth-order valence-corrected chi connectivity index (χ4v) is 8.88. The van der Waals surface area contributed by atoms with Crippen LogP contribution < -0.4 is 10.2 Å². The van der Waals surface area contributed by atoms with Gasteiger partial charge in [-0.25, -0.2) is 0 Å². The second kappa shape index (κ2) is 43.7. The van der Waals surface area contributed by atoms with Gasteiger partial charge in [-0.2, -0.15) is 0 Å². The van der Waals surface area contributed by atoms with Crippen molar-refractivity contribution in [1.82, 2.24) is 5.32 Å². The van der Waals surface area contributed by atoms with E-state index in [0.29, 0.717) is 23.9 Å². The molecule has 0 saturated heterocycles. The van der Waals surface area contributed by atoms with Crippen molar-refractivity contribution < 1.29 is 32.9 Å². The van der Waals surface area contributed by atoms with Gasteiger partial charge in [0.1, 0.15) is 13.2 Å². The molecule has 0 saturated carbocycles. The maximum atomic E-state index is 12.9. The molecular weight excluding hydrogens is 768 g/mol. The van der Waals surface area contributed by atoms with Crippen LogP contribution in [0, 0.1) is 0 Å². The molecule has 0 bridgehead atoms. The van der Waals surface area contributed by atoms with Crippen LogP contribution in [0.15, 0.2) is 0 Å². The van der Waals surface area contributed by atoms with E-state index in [0.717, 1.165) is 38.5 Å². The minimum atomic E-state index is -4.56. The number of amides is 1. The summed E-state index contributed by atoms with van der Waals surface area (Å²) < 4.78 is 23.3. The van der Waals surface area contributed by atoms with Gasteiger partial charge in [-0.1, -0.05) is 251 Å². The van der Waals surface area contributed by atoms with Gasteiger partial charge in [-0.05, 0) is 12.8 Å². The molecule has 0 aliphatic heterocycles. The number of aliphatic hydroxyl groups is 1. The van der Waals surface area contributed by atoms with Crippen molar-refractivity contribution in [3.63, 3.8) is 0 Å². The fourth-order valence-electron chi connectivity index (χ4n) is 8.16. The minimum absolute atomic E-state index is 0.0163. The standard InChI is InChI=1S/C51H105N2O6P/c1-6-8-10-12-14-16-18-20-21-22-23-24-25-26-27-28-29-30-31-32-33-34-36-38-40-42-44-50(54)49(48-59-60(56,57)58-47-46-53(3,4)5)52-51(55)45-43-41-39-37-35-19-17-15-13-11-9-7-2/h49-50,54H,6-48H2,1-5H3,(H-,52,55,56,57). The Balaban J connectivity index is 4.09. The highest BCUT2D eigenvalue weighted by Gasteiger charge is 2.24. The monoisotopic (exact) mass is 873 g/mol. The van der Waals surface area contributed by atoms with E-state index in [1.165, 1.54) is 205 Å². The molecule has 1 amide bonds. The average Bonchev–Trinajstić information content (AvgIpc) is 3.20. The summed E-state index contributed by atoms with van der Waals surface area (Å²) in [5.41, 5.74) is 0. The first kappa shape index (κ1) is 59.5. The van der Waals surface area contributed by atoms with Gasteiger partial charge < -0.3 is 28.8 Å². The Kier molecular flexibility index (Phi) is 43.4. The number of nitrogens with zero attached hydrogens (tertiary/aromatic N) is 1. The van der Waals surface area contributed by atoms with E-state index in [1.54, 1.807) is 0 Å². The molecule has 0 aromatic heterocycles. The number of rotatable bonds is 49. The van der Waals surface area contributed by atoms with E-state index in [9.17, 15) is 19.4 Å². The second-order valence-electron chi connectivity index (χ2n) is 19.6. The summed E-state index contributed by atoms with van der Waals surface area (Å²) in [6.45, 7) is 4.75. The van der Waals surface area contributed by atoms with Crippen LogP contribution in [0.5, 0.6) is 0 Å². The quantitative estimate of drug-likeness (QED) is 0.0358. The zero-order valence-electron chi connectivity index (χ0n) is 40.9. The Morgan fingerprint density at radius 3 is 1.13 bits per heavy atom. The number of likely N-dealkylation sites (N-methyl/N-ethyl adjacent to an activating group) is 1. The zero-order chi connectivity index (χ0) is 44.3. The van der Waals surface area contributed by atoms with Crippen molar-refractivity contribution in [2.75, 3.05) is 40.9 Å². The molecule has 0 aliphatic rings. The highest BCUT2D eigenvalue weighted by Crippen LogP contribution is 2.38. The highest BCUT2D eigenvalue weighted by molar-refractivity contribution is 7.45. The predicted molar refractivity (Wildman–Crippen MR) is 256 cm³/mol. The molecule has 3 atom stereocenters. The molecule has 0 aromatic carbocycles. The van der Waals surface area contributed by atoms with Gasteiger partial charge in [0, 0.05) is 6.42 Å². The third-order valence-electron chi connectivity index (χ3n) is 12.3. The van der Waals surface area contributed by atoms with Gasteiger partial charge in [0.2, 0.25) is 5.91 Å². The number of carbonyl (C=O) groups excluding carboxylic acids is 1. The topological polar surface area (TPSA) is 108 Å². The molecule has 0 aromatic rings. The fraction of sp³-hybridized carbons (Fsp3) is 0.980. The van der Waals surface area contributed by atoms with Crippen molar-refractivity contribution >= 4 is 13.7 Å². The molecule has 360 valence electrons. The molecule has 8 nitrogen and oxygen atoms in total. The lowest BCUT2D eigenvalue weighted by Crippen LogP contribution is -2.46. The summed E-state index contributed by atoms with van der Waals surface area (Å²) in [5.74, 6) is -0.161. The van der Waals surface area contributed by atoms with Crippen LogP contribution in [0.3, 0.4) is 0 Å². The molecule has 0 aliphatic carbocycles. The molecule has 0 heterocycles. The maximum Gasteiger partial charge on any atom is 0.268 e. The molecule has 3 unspecified atom stereocenters. The minimum Gasteiger partial charge on any atom is -0.756 e. The number of phosphoric acid groups is 1. The van der Waals surface area contributed by atoms with Crippen molar-refractivity contribution in [1.29, 1.82) is 0 Å².